The highest BCUT2D eigenvalue weighted by Crippen LogP contribution is 2.27. The second-order valence-corrected chi connectivity index (χ2v) is 8.58. The van der Waals surface area contributed by atoms with Crippen molar-refractivity contribution in [3.63, 3.8) is 0 Å². The molecule has 3 aromatic rings. The molecule has 7 heteroatoms. The van der Waals surface area contributed by atoms with Gasteiger partial charge in [0.25, 0.3) is 0 Å². The zero-order chi connectivity index (χ0) is 23.2. The highest BCUT2D eigenvalue weighted by Gasteiger charge is 2.18. The fraction of sp³-hybridized carbons (Fsp3) is 0.385. The Balaban J connectivity index is 1.40. The summed E-state index contributed by atoms with van der Waals surface area (Å²) in [6, 6.07) is 15.8. The van der Waals surface area contributed by atoms with Crippen LogP contribution in [0.15, 0.2) is 42.5 Å². The Morgan fingerprint density at radius 1 is 1.27 bits per heavy atom. The first-order valence-corrected chi connectivity index (χ1v) is 11.4. The van der Waals surface area contributed by atoms with E-state index in [9.17, 15) is 10.1 Å². The molecule has 2 aromatic heterocycles. The highest BCUT2D eigenvalue weighted by molar-refractivity contribution is 5.76. The first-order valence-electron chi connectivity index (χ1n) is 11.4. The first kappa shape index (κ1) is 22.5. The second kappa shape index (κ2) is 10.3. The molecule has 0 bridgehead atoms. The van der Waals surface area contributed by atoms with Gasteiger partial charge in [0, 0.05) is 38.2 Å². The Morgan fingerprint density at radius 3 is 2.97 bits per heavy atom. The lowest BCUT2D eigenvalue weighted by Crippen LogP contribution is -2.14. The molecule has 1 atom stereocenters. The van der Waals surface area contributed by atoms with Crippen molar-refractivity contribution in [1.29, 1.82) is 5.26 Å². The van der Waals surface area contributed by atoms with Crippen molar-refractivity contribution in [2.24, 2.45) is 7.05 Å². The fourth-order valence-electron chi connectivity index (χ4n) is 4.28. The summed E-state index contributed by atoms with van der Waals surface area (Å²) in [6.07, 6.45) is 3.94. The van der Waals surface area contributed by atoms with Crippen LogP contribution >= 0.6 is 0 Å². The zero-order valence-corrected chi connectivity index (χ0v) is 19.2. The van der Waals surface area contributed by atoms with Crippen LogP contribution in [0.1, 0.15) is 53.8 Å². The third-order valence-electron chi connectivity index (χ3n) is 5.92. The molecule has 1 aromatic carbocycles. The number of pyridine rings is 1. The van der Waals surface area contributed by atoms with Crippen LogP contribution in [0.25, 0.3) is 0 Å². The van der Waals surface area contributed by atoms with Gasteiger partial charge in [-0.3, -0.25) is 0 Å². The fourth-order valence-corrected chi connectivity index (χ4v) is 4.28. The van der Waals surface area contributed by atoms with Crippen molar-refractivity contribution < 1.29 is 9.53 Å². The van der Waals surface area contributed by atoms with Crippen molar-refractivity contribution in [1.82, 2.24) is 14.8 Å². The van der Waals surface area contributed by atoms with Gasteiger partial charge in [0.05, 0.1) is 23.9 Å². The maximum atomic E-state index is 11.9. The molecule has 1 N–H and O–H groups in total. The molecular weight excluding hydrogens is 414 g/mol. The average Bonchev–Trinajstić information content (AvgIpc) is 3.17. The van der Waals surface area contributed by atoms with Crippen LogP contribution in [-0.4, -0.2) is 33.7 Å². The molecule has 170 valence electrons. The summed E-state index contributed by atoms with van der Waals surface area (Å²) in [7, 11) is 1.86. The van der Waals surface area contributed by atoms with Gasteiger partial charge in [-0.2, -0.15) is 10.4 Å². The van der Waals surface area contributed by atoms with E-state index >= 15 is 0 Å². The predicted octanol–water partition coefficient (Wildman–Crippen LogP) is 3.97. The third-order valence-corrected chi connectivity index (χ3v) is 5.92. The summed E-state index contributed by atoms with van der Waals surface area (Å²) in [5.74, 6) is 1.76. The predicted molar refractivity (Wildman–Crippen MR) is 126 cm³/mol. The van der Waals surface area contributed by atoms with E-state index in [2.05, 4.69) is 28.6 Å². The van der Waals surface area contributed by atoms with Crippen LogP contribution in [0, 0.1) is 11.3 Å². The largest absolute Gasteiger partial charge is 0.477 e. The highest BCUT2D eigenvalue weighted by atomic mass is 16.5. The van der Waals surface area contributed by atoms with E-state index in [1.165, 1.54) is 5.56 Å². The van der Waals surface area contributed by atoms with Gasteiger partial charge < -0.3 is 14.8 Å². The zero-order valence-electron chi connectivity index (χ0n) is 19.2. The number of ether oxygens (including phenoxy) is 1. The molecule has 0 amide bonds. The Hall–Kier alpha value is -3.66. The van der Waals surface area contributed by atoms with Gasteiger partial charge in [0.1, 0.15) is 11.6 Å². The summed E-state index contributed by atoms with van der Waals surface area (Å²) in [6.45, 7) is 3.08. The molecule has 4 rings (SSSR count). The monoisotopic (exact) mass is 443 g/mol. The molecule has 1 aliphatic rings. The molecule has 0 fully saturated rings. The SMILES string of the molecule is CC(=O)CC(Cc1cc(OCCc2ccc3c(n2)NCCC3)n(C)n1)c1cccc(C#N)c1. The molecule has 0 aliphatic carbocycles. The van der Waals surface area contributed by atoms with E-state index in [0.717, 1.165) is 42.2 Å². The standard InChI is InChI=1S/C26H29N5O2/c1-18(32)13-22(21-6-3-5-19(14-21)17-27)15-24-16-25(31(2)30-24)33-12-10-23-9-8-20-7-4-11-28-26(20)29-23/h3,5-6,8-9,14,16,22H,4,7,10-13,15H2,1-2H3,(H,28,29). The summed E-state index contributed by atoms with van der Waals surface area (Å²) >= 11 is 0. The number of hydrogen-bond donors (Lipinski definition) is 1. The van der Waals surface area contributed by atoms with Crippen molar-refractivity contribution in [3.05, 3.63) is 70.5 Å². The summed E-state index contributed by atoms with van der Waals surface area (Å²) in [5.41, 5.74) is 4.71. The smallest absolute Gasteiger partial charge is 0.211 e. The van der Waals surface area contributed by atoms with Gasteiger partial charge in [-0.05, 0) is 61.4 Å². The minimum absolute atomic E-state index is 0.0363. The van der Waals surface area contributed by atoms with Gasteiger partial charge in [-0.1, -0.05) is 18.2 Å². The number of carbonyl (C=O) groups excluding carboxylic acids is 1. The number of carbonyl (C=O) groups is 1. The van der Waals surface area contributed by atoms with E-state index in [4.69, 9.17) is 9.72 Å². The van der Waals surface area contributed by atoms with E-state index in [1.54, 1.807) is 17.7 Å². The summed E-state index contributed by atoms with van der Waals surface area (Å²) in [4.78, 5) is 16.6. The maximum Gasteiger partial charge on any atom is 0.211 e. The van der Waals surface area contributed by atoms with Gasteiger partial charge in [0.2, 0.25) is 5.88 Å². The van der Waals surface area contributed by atoms with Crippen LogP contribution in [-0.2, 0) is 31.1 Å². The molecule has 3 heterocycles. The lowest BCUT2D eigenvalue weighted by Gasteiger charge is -2.17. The number of aromatic nitrogens is 3. The number of fused-ring (bicyclic) bond motifs is 1. The van der Waals surface area contributed by atoms with Gasteiger partial charge in [-0.15, -0.1) is 0 Å². The number of nitrogens with zero attached hydrogens (tertiary/aromatic N) is 4. The first-order chi connectivity index (χ1) is 16.0. The van der Waals surface area contributed by atoms with Gasteiger partial charge >= 0.3 is 0 Å². The Labute approximate surface area is 194 Å². The van der Waals surface area contributed by atoms with Crippen molar-refractivity contribution in [3.8, 4) is 11.9 Å². The molecule has 0 spiro atoms. The Morgan fingerprint density at radius 2 is 2.15 bits per heavy atom. The molecule has 0 saturated carbocycles. The number of aryl methyl sites for hydroxylation is 2. The number of anilines is 1. The number of ketones is 1. The molecule has 1 aliphatic heterocycles. The van der Waals surface area contributed by atoms with Crippen molar-refractivity contribution >= 4 is 11.6 Å². The van der Waals surface area contributed by atoms with Crippen LogP contribution in [0.3, 0.4) is 0 Å². The van der Waals surface area contributed by atoms with E-state index < -0.39 is 0 Å². The van der Waals surface area contributed by atoms with Crippen molar-refractivity contribution in [2.45, 2.75) is 44.9 Å². The van der Waals surface area contributed by atoms with E-state index in [1.807, 2.05) is 31.3 Å². The average molecular weight is 444 g/mol. The number of benzene rings is 1. The Kier molecular flexibility index (Phi) is 7.04. The summed E-state index contributed by atoms with van der Waals surface area (Å²) in [5, 5.41) is 17.2. The summed E-state index contributed by atoms with van der Waals surface area (Å²) < 4.78 is 7.73. The second-order valence-electron chi connectivity index (χ2n) is 8.58. The van der Waals surface area contributed by atoms with Crippen LogP contribution in [0.2, 0.25) is 0 Å². The molecule has 1 unspecified atom stereocenters. The number of nitrogens with one attached hydrogen (secondary N) is 1. The van der Waals surface area contributed by atoms with Crippen LogP contribution in [0.4, 0.5) is 5.82 Å². The van der Waals surface area contributed by atoms with Gasteiger partial charge in [0.15, 0.2) is 0 Å². The van der Waals surface area contributed by atoms with E-state index in [0.29, 0.717) is 37.3 Å². The Bertz CT molecular complexity index is 1180. The normalized spacial score (nSPS) is 13.5. The van der Waals surface area contributed by atoms with Crippen LogP contribution < -0.4 is 10.1 Å². The molecule has 0 saturated heterocycles. The molecule has 0 radical (unpaired) electrons. The molecule has 7 nitrogen and oxygen atoms in total. The maximum absolute atomic E-state index is 11.9. The van der Waals surface area contributed by atoms with Gasteiger partial charge in [-0.25, -0.2) is 9.67 Å². The lowest BCUT2D eigenvalue weighted by atomic mass is 9.89. The number of rotatable bonds is 9. The number of hydrogen-bond acceptors (Lipinski definition) is 6. The number of nitriles is 1. The van der Waals surface area contributed by atoms with Crippen molar-refractivity contribution in [2.75, 3.05) is 18.5 Å². The van der Waals surface area contributed by atoms with E-state index in [-0.39, 0.29) is 11.7 Å². The topological polar surface area (TPSA) is 92.8 Å². The quantitative estimate of drug-likeness (QED) is 0.538. The minimum atomic E-state index is -0.0363. The van der Waals surface area contributed by atoms with Crippen LogP contribution in [0.5, 0.6) is 5.88 Å². The third kappa shape index (κ3) is 5.78. The number of Topliss-reactive ketones (excluding diaryl/α,β-unsaturated/α-hetero) is 1. The molecule has 33 heavy (non-hydrogen) atoms. The minimum Gasteiger partial charge on any atom is -0.477 e. The lowest BCUT2D eigenvalue weighted by molar-refractivity contribution is -0.117. The molecular formula is C26H29N5O2.